The summed E-state index contributed by atoms with van der Waals surface area (Å²) < 4.78 is 10.2. The van der Waals surface area contributed by atoms with Crippen LogP contribution in [0.15, 0.2) is 0 Å². The molecule has 0 unspecified atom stereocenters. The molecule has 0 spiro atoms. The van der Waals surface area contributed by atoms with Gasteiger partial charge in [0.25, 0.3) is 0 Å². The molecule has 0 rings (SSSR count). The number of hydrogen-bond donors (Lipinski definition) is 0. The van der Waals surface area contributed by atoms with Crippen LogP contribution in [-0.4, -0.2) is 24.8 Å². The summed E-state index contributed by atoms with van der Waals surface area (Å²) in [6, 6.07) is 0. The van der Waals surface area contributed by atoms with Crippen LogP contribution in [-0.2, 0) is 7.87 Å². The first-order chi connectivity index (χ1) is 13.1. The van der Waals surface area contributed by atoms with Crippen LogP contribution in [0.1, 0.15) is 130 Å². The molecule has 0 N–H and O–H groups in total. The van der Waals surface area contributed by atoms with Crippen LogP contribution < -0.4 is 0 Å². The van der Waals surface area contributed by atoms with Crippen LogP contribution in [0.25, 0.3) is 0 Å². The van der Waals surface area contributed by atoms with E-state index in [2.05, 4.69) is 27.7 Å². The molecule has 0 atom stereocenters. The van der Waals surface area contributed by atoms with Crippen molar-refractivity contribution in [1.29, 1.82) is 0 Å². The van der Waals surface area contributed by atoms with Gasteiger partial charge in [-0.1, -0.05) is 6.92 Å². The molecule has 0 aromatic heterocycles. The minimum absolute atomic E-state index is 0.150. The predicted octanol–water partition coefficient (Wildman–Crippen LogP) is 8.80. The van der Waals surface area contributed by atoms with E-state index in [1.54, 1.807) is 0 Å². The Morgan fingerprint density at radius 2 is 0.926 bits per heavy atom. The van der Waals surface area contributed by atoms with E-state index < -0.39 is 18.8 Å². The molecular formula is C24H50O2Sn. The fourth-order valence-corrected chi connectivity index (χ4v) is 17.1. The van der Waals surface area contributed by atoms with Gasteiger partial charge in [0.05, 0.1) is 0 Å². The fourth-order valence-electron chi connectivity index (χ4n) is 3.90. The second-order valence-corrected chi connectivity index (χ2v) is 20.2. The second kappa shape index (κ2) is 19.6. The van der Waals surface area contributed by atoms with Gasteiger partial charge < -0.3 is 0 Å². The number of hydrogen-bond acceptors (Lipinski definition) is 2. The summed E-state index contributed by atoms with van der Waals surface area (Å²) in [4.78, 5) is 12.6. The van der Waals surface area contributed by atoms with Crippen LogP contribution >= 0.6 is 0 Å². The molecule has 0 heterocycles. The Hall–Kier alpha value is 0.269. The van der Waals surface area contributed by atoms with E-state index in [-0.39, 0.29) is 5.97 Å². The Bertz CT molecular complexity index is 309. The third-order valence-corrected chi connectivity index (χ3v) is 18.5. The molecule has 0 aliphatic heterocycles. The van der Waals surface area contributed by atoms with Crippen LogP contribution in [0.4, 0.5) is 0 Å². The zero-order valence-electron chi connectivity index (χ0n) is 19.3. The number of rotatable bonds is 20. The van der Waals surface area contributed by atoms with Gasteiger partial charge in [-0.3, -0.25) is 0 Å². The first-order valence-electron chi connectivity index (χ1n) is 12.4. The van der Waals surface area contributed by atoms with Crippen molar-refractivity contribution in [2.24, 2.45) is 0 Å². The van der Waals surface area contributed by atoms with Crippen molar-refractivity contribution in [3.05, 3.63) is 0 Å². The van der Waals surface area contributed by atoms with Crippen LogP contribution in [0.2, 0.25) is 13.3 Å². The molecule has 0 amide bonds. The SMILES string of the molecule is CCCCCCCCCCCC(=O)[O][Sn]([CH2]CCC)([CH2]CCC)[CH2]CCC. The Morgan fingerprint density at radius 3 is 1.33 bits per heavy atom. The molecule has 2 nitrogen and oxygen atoms in total. The molecule has 0 aliphatic carbocycles. The van der Waals surface area contributed by atoms with Gasteiger partial charge in [-0.15, -0.1) is 0 Å². The molecule has 0 aliphatic rings. The van der Waals surface area contributed by atoms with E-state index in [9.17, 15) is 4.79 Å². The Morgan fingerprint density at radius 1 is 0.556 bits per heavy atom. The molecule has 0 aromatic carbocycles. The zero-order chi connectivity index (χ0) is 20.2. The molecule has 3 heteroatoms. The van der Waals surface area contributed by atoms with Crippen LogP contribution in [0.3, 0.4) is 0 Å². The average Bonchev–Trinajstić information content (AvgIpc) is 2.67. The summed E-state index contributed by atoms with van der Waals surface area (Å²) in [6.07, 6.45) is 19.8. The molecule has 27 heavy (non-hydrogen) atoms. The van der Waals surface area contributed by atoms with Gasteiger partial charge in [0.1, 0.15) is 0 Å². The summed E-state index contributed by atoms with van der Waals surface area (Å²) >= 11 is -2.73. The molecule has 0 saturated carbocycles. The maximum atomic E-state index is 12.6. The van der Waals surface area contributed by atoms with E-state index >= 15 is 0 Å². The van der Waals surface area contributed by atoms with Crippen LogP contribution in [0, 0.1) is 0 Å². The minimum atomic E-state index is -2.73. The van der Waals surface area contributed by atoms with Crippen molar-refractivity contribution in [3.8, 4) is 0 Å². The first-order valence-corrected chi connectivity index (χ1v) is 19.6. The molecular weight excluding hydrogens is 439 g/mol. The van der Waals surface area contributed by atoms with E-state index in [1.165, 1.54) is 103 Å². The third kappa shape index (κ3) is 15.8. The molecule has 0 bridgehead atoms. The van der Waals surface area contributed by atoms with E-state index in [4.69, 9.17) is 3.07 Å². The van der Waals surface area contributed by atoms with Crippen molar-refractivity contribution in [2.75, 3.05) is 0 Å². The van der Waals surface area contributed by atoms with Crippen molar-refractivity contribution in [2.45, 2.75) is 144 Å². The monoisotopic (exact) mass is 490 g/mol. The standard InChI is InChI=1S/C12H24O2.3C4H9.Sn/c1-2-3-4-5-6-7-8-9-10-11-12(13)14;3*1-3-4-2;/h2-11H2,1H3,(H,13,14);3*1,3-4H2,2H3;/q;;;;+1/p-1. The van der Waals surface area contributed by atoms with E-state index in [0.29, 0.717) is 6.42 Å². The summed E-state index contributed by atoms with van der Waals surface area (Å²) in [5, 5.41) is 0. The average molecular weight is 489 g/mol. The quantitative estimate of drug-likeness (QED) is 0.126. The Kier molecular flexibility index (Phi) is 19.8. The van der Waals surface area contributed by atoms with E-state index in [0.717, 1.165) is 6.42 Å². The van der Waals surface area contributed by atoms with Gasteiger partial charge in [-0.2, -0.15) is 0 Å². The van der Waals surface area contributed by atoms with Gasteiger partial charge in [-0.25, -0.2) is 0 Å². The Balaban J connectivity index is 4.20. The van der Waals surface area contributed by atoms with Crippen molar-refractivity contribution < 1.29 is 7.87 Å². The molecule has 0 fully saturated rings. The maximum absolute atomic E-state index is 12.6. The molecule has 0 aromatic rings. The van der Waals surface area contributed by atoms with Crippen molar-refractivity contribution >= 4 is 24.8 Å². The van der Waals surface area contributed by atoms with Gasteiger partial charge >= 0.3 is 169 Å². The van der Waals surface area contributed by atoms with Gasteiger partial charge in [0, 0.05) is 0 Å². The van der Waals surface area contributed by atoms with Gasteiger partial charge in [0.15, 0.2) is 0 Å². The van der Waals surface area contributed by atoms with Gasteiger partial charge in [0.2, 0.25) is 0 Å². The van der Waals surface area contributed by atoms with E-state index in [1.807, 2.05) is 0 Å². The number of carbonyl (C=O) groups excluding carboxylic acids is 1. The summed E-state index contributed by atoms with van der Waals surface area (Å²) in [5.74, 6) is 0.150. The number of carbonyl (C=O) groups is 1. The normalized spacial score (nSPS) is 11.7. The summed E-state index contributed by atoms with van der Waals surface area (Å²) in [7, 11) is 0. The van der Waals surface area contributed by atoms with Gasteiger partial charge in [-0.05, 0) is 0 Å². The topological polar surface area (TPSA) is 26.3 Å². The van der Waals surface area contributed by atoms with Crippen molar-refractivity contribution in [1.82, 2.24) is 0 Å². The second-order valence-electron chi connectivity index (χ2n) is 8.55. The predicted molar refractivity (Wildman–Crippen MR) is 123 cm³/mol. The van der Waals surface area contributed by atoms with Crippen molar-refractivity contribution in [3.63, 3.8) is 0 Å². The van der Waals surface area contributed by atoms with Crippen LogP contribution in [0.5, 0.6) is 0 Å². The molecule has 0 radical (unpaired) electrons. The zero-order valence-corrected chi connectivity index (χ0v) is 22.1. The molecule has 0 saturated heterocycles. The third-order valence-electron chi connectivity index (χ3n) is 5.77. The first kappa shape index (κ1) is 27.3. The summed E-state index contributed by atoms with van der Waals surface area (Å²) in [5.41, 5.74) is 0. The Labute approximate surface area is 176 Å². The fraction of sp³-hybridized carbons (Fsp3) is 0.958. The molecule has 162 valence electrons. The number of unbranched alkanes of at least 4 members (excludes halogenated alkanes) is 11. The summed E-state index contributed by atoms with van der Waals surface area (Å²) in [6.45, 7) is 9.06.